The molecule has 2 atom stereocenters. The van der Waals surface area contributed by atoms with Crippen molar-refractivity contribution in [1.29, 1.82) is 0 Å². The fourth-order valence-corrected chi connectivity index (χ4v) is 5.69. The van der Waals surface area contributed by atoms with Gasteiger partial charge in [-0.2, -0.15) is 0 Å². The van der Waals surface area contributed by atoms with Crippen LogP contribution in [0.2, 0.25) is 0 Å². The van der Waals surface area contributed by atoms with Crippen molar-refractivity contribution in [2.24, 2.45) is 40.7 Å². The van der Waals surface area contributed by atoms with Crippen LogP contribution in [0.3, 0.4) is 0 Å². The summed E-state index contributed by atoms with van der Waals surface area (Å²) in [5.74, 6) is 2.57. The van der Waals surface area contributed by atoms with Crippen molar-refractivity contribution in [1.82, 2.24) is 10.6 Å². The van der Waals surface area contributed by atoms with Gasteiger partial charge in [-0.25, -0.2) is 0 Å². The summed E-state index contributed by atoms with van der Waals surface area (Å²) in [5.41, 5.74) is 5.42. The number of hydrogen-bond donors (Lipinski definition) is 3. The number of hydrogen-bond acceptors (Lipinski definition) is 3. The molecule has 0 aliphatic heterocycles. The first-order valence-corrected chi connectivity index (χ1v) is 10.1. The molecule has 25 heavy (non-hydrogen) atoms. The van der Waals surface area contributed by atoms with E-state index < -0.39 is 6.04 Å². The Labute approximate surface area is 151 Å². The molecule has 2 amide bonds. The number of nitrogens with two attached hydrogens (primary N) is 1. The second-order valence-electron chi connectivity index (χ2n) is 9.48. The summed E-state index contributed by atoms with van der Waals surface area (Å²) >= 11 is 0. The number of carbonyl (C=O) groups is 2. The second kappa shape index (κ2) is 7.26. The first-order valence-electron chi connectivity index (χ1n) is 10.1. The van der Waals surface area contributed by atoms with Crippen molar-refractivity contribution in [2.45, 2.75) is 65.3 Å². The Balaban J connectivity index is 1.64. The molecule has 4 N–H and O–H groups in total. The normalized spacial score (nSPS) is 35.5. The SMILES string of the molecule is CC(CN)CNC(=O)C(NC(=O)C12CC3CC(CC(C3)C1)C2)C(C)C. The lowest BCUT2D eigenvalue weighted by Crippen LogP contribution is -2.58. The lowest BCUT2D eigenvalue weighted by atomic mass is 9.49. The van der Waals surface area contributed by atoms with E-state index in [0.717, 1.165) is 37.0 Å². The molecule has 0 radical (unpaired) electrons. The number of amides is 2. The monoisotopic (exact) mass is 349 g/mol. The maximum atomic E-state index is 13.2. The highest BCUT2D eigenvalue weighted by molar-refractivity contribution is 5.90. The molecule has 0 aromatic carbocycles. The highest BCUT2D eigenvalue weighted by Crippen LogP contribution is 2.60. The standard InChI is InChI=1S/C20H35N3O2/c1-12(2)17(18(24)22-11-13(3)10-21)23-19(25)20-7-14-4-15(8-20)6-16(5-14)9-20/h12-17H,4-11,21H2,1-3H3,(H,22,24)(H,23,25). The van der Waals surface area contributed by atoms with Crippen molar-refractivity contribution in [3.63, 3.8) is 0 Å². The smallest absolute Gasteiger partial charge is 0.242 e. The predicted octanol–water partition coefficient (Wildman–Crippen LogP) is 2.05. The van der Waals surface area contributed by atoms with Gasteiger partial charge in [0, 0.05) is 12.0 Å². The van der Waals surface area contributed by atoms with E-state index >= 15 is 0 Å². The first-order chi connectivity index (χ1) is 11.8. The van der Waals surface area contributed by atoms with E-state index in [4.69, 9.17) is 5.73 Å². The second-order valence-corrected chi connectivity index (χ2v) is 9.48. The van der Waals surface area contributed by atoms with Crippen LogP contribution in [0.4, 0.5) is 0 Å². The van der Waals surface area contributed by atoms with E-state index in [9.17, 15) is 9.59 Å². The highest BCUT2D eigenvalue weighted by atomic mass is 16.2. The number of rotatable bonds is 7. The fourth-order valence-electron chi connectivity index (χ4n) is 5.69. The van der Waals surface area contributed by atoms with Crippen molar-refractivity contribution in [2.75, 3.05) is 13.1 Å². The number of carbonyl (C=O) groups excluding carboxylic acids is 2. The predicted molar refractivity (Wildman–Crippen MR) is 98.6 cm³/mol. The van der Waals surface area contributed by atoms with Crippen LogP contribution in [0.1, 0.15) is 59.3 Å². The Morgan fingerprint density at radius 3 is 2.00 bits per heavy atom. The van der Waals surface area contributed by atoms with Gasteiger partial charge in [0.1, 0.15) is 6.04 Å². The van der Waals surface area contributed by atoms with E-state index in [1.807, 2.05) is 20.8 Å². The van der Waals surface area contributed by atoms with Crippen LogP contribution < -0.4 is 16.4 Å². The van der Waals surface area contributed by atoms with E-state index in [2.05, 4.69) is 10.6 Å². The first kappa shape index (κ1) is 18.7. The molecule has 0 spiro atoms. The van der Waals surface area contributed by atoms with Crippen LogP contribution in [0.5, 0.6) is 0 Å². The van der Waals surface area contributed by atoms with E-state index in [1.54, 1.807) is 0 Å². The van der Waals surface area contributed by atoms with Gasteiger partial charge in [-0.15, -0.1) is 0 Å². The molecule has 142 valence electrons. The Hall–Kier alpha value is -1.10. The molecule has 2 unspecified atom stereocenters. The molecule has 4 aliphatic carbocycles. The van der Waals surface area contributed by atoms with E-state index in [-0.39, 0.29) is 29.1 Å². The topological polar surface area (TPSA) is 84.2 Å². The quantitative estimate of drug-likeness (QED) is 0.658. The minimum atomic E-state index is -0.453. The summed E-state index contributed by atoms with van der Waals surface area (Å²) in [6, 6.07) is -0.453. The largest absolute Gasteiger partial charge is 0.354 e. The van der Waals surface area contributed by atoms with Gasteiger partial charge in [0.05, 0.1) is 0 Å². The summed E-state index contributed by atoms with van der Waals surface area (Å²) in [6.07, 6.45) is 7.04. The zero-order valence-electron chi connectivity index (χ0n) is 16.0. The molecule has 4 rings (SSSR count). The molecule has 0 heterocycles. The van der Waals surface area contributed by atoms with Gasteiger partial charge >= 0.3 is 0 Å². The minimum Gasteiger partial charge on any atom is -0.354 e. The zero-order chi connectivity index (χ0) is 18.2. The van der Waals surface area contributed by atoms with Gasteiger partial charge in [0.25, 0.3) is 0 Å². The van der Waals surface area contributed by atoms with Crippen LogP contribution in [-0.2, 0) is 9.59 Å². The Kier molecular flexibility index (Phi) is 5.42. The molecule has 4 bridgehead atoms. The van der Waals surface area contributed by atoms with Crippen LogP contribution in [0.15, 0.2) is 0 Å². The van der Waals surface area contributed by atoms with Crippen LogP contribution in [0.25, 0.3) is 0 Å². The molecule has 4 aliphatic rings. The van der Waals surface area contributed by atoms with Gasteiger partial charge in [-0.3, -0.25) is 9.59 Å². The van der Waals surface area contributed by atoms with Crippen LogP contribution in [-0.4, -0.2) is 30.9 Å². The van der Waals surface area contributed by atoms with Gasteiger partial charge in [-0.1, -0.05) is 20.8 Å². The summed E-state index contributed by atoms with van der Waals surface area (Å²) in [6.45, 7) is 7.11. The van der Waals surface area contributed by atoms with Crippen molar-refractivity contribution in [3.8, 4) is 0 Å². The van der Waals surface area contributed by atoms with Crippen molar-refractivity contribution < 1.29 is 9.59 Å². The zero-order valence-corrected chi connectivity index (χ0v) is 16.0. The molecule has 0 saturated heterocycles. The maximum absolute atomic E-state index is 13.2. The fraction of sp³-hybridized carbons (Fsp3) is 0.900. The Morgan fingerprint density at radius 1 is 1.04 bits per heavy atom. The molecule has 0 aromatic heterocycles. The average molecular weight is 350 g/mol. The van der Waals surface area contributed by atoms with Gasteiger partial charge in [0.15, 0.2) is 0 Å². The highest BCUT2D eigenvalue weighted by Gasteiger charge is 2.55. The Morgan fingerprint density at radius 2 is 1.56 bits per heavy atom. The van der Waals surface area contributed by atoms with Crippen molar-refractivity contribution >= 4 is 11.8 Å². The molecule has 4 saturated carbocycles. The van der Waals surface area contributed by atoms with Crippen LogP contribution in [0, 0.1) is 35.0 Å². The third kappa shape index (κ3) is 3.86. The summed E-state index contributed by atoms with van der Waals surface area (Å²) in [5, 5.41) is 6.09. The summed E-state index contributed by atoms with van der Waals surface area (Å²) in [7, 11) is 0. The van der Waals surface area contributed by atoms with Gasteiger partial charge in [0.2, 0.25) is 11.8 Å². The van der Waals surface area contributed by atoms with E-state index in [0.29, 0.717) is 13.1 Å². The summed E-state index contributed by atoms with van der Waals surface area (Å²) < 4.78 is 0. The molecule has 5 heteroatoms. The van der Waals surface area contributed by atoms with Crippen LogP contribution >= 0.6 is 0 Å². The van der Waals surface area contributed by atoms with Crippen molar-refractivity contribution in [3.05, 3.63) is 0 Å². The maximum Gasteiger partial charge on any atom is 0.242 e. The van der Waals surface area contributed by atoms with Gasteiger partial charge < -0.3 is 16.4 Å². The van der Waals surface area contributed by atoms with Gasteiger partial charge in [-0.05, 0) is 74.7 Å². The number of nitrogens with one attached hydrogen (secondary N) is 2. The average Bonchev–Trinajstić information content (AvgIpc) is 2.55. The molecule has 5 nitrogen and oxygen atoms in total. The lowest BCUT2D eigenvalue weighted by molar-refractivity contribution is -0.149. The third-order valence-electron chi connectivity index (χ3n) is 6.78. The van der Waals surface area contributed by atoms with E-state index in [1.165, 1.54) is 19.3 Å². The lowest BCUT2D eigenvalue weighted by Gasteiger charge is -2.55. The molecule has 0 aromatic rings. The Bertz CT molecular complexity index is 482. The molecular formula is C20H35N3O2. The summed E-state index contributed by atoms with van der Waals surface area (Å²) in [4.78, 5) is 25.8. The molecular weight excluding hydrogens is 314 g/mol. The minimum absolute atomic E-state index is 0.0750. The molecule has 4 fully saturated rings. The third-order valence-corrected chi connectivity index (χ3v) is 6.78.